The molecule has 1 fully saturated rings. The van der Waals surface area contributed by atoms with Gasteiger partial charge in [0.15, 0.2) is 0 Å². The molecule has 1 aromatic heterocycles. The van der Waals surface area contributed by atoms with Crippen LogP contribution in [0.2, 0.25) is 0 Å². The van der Waals surface area contributed by atoms with Gasteiger partial charge in [-0.05, 0) is 73.3 Å². The van der Waals surface area contributed by atoms with Crippen molar-refractivity contribution < 1.29 is 27.8 Å². The molecule has 4 rings (SSSR count). The highest BCUT2D eigenvalue weighted by molar-refractivity contribution is 8.00. The van der Waals surface area contributed by atoms with Gasteiger partial charge in [-0.25, -0.2) is 9.78 Å². The molecule has 0 unspecified atom stereocenters. The van der Waals surface area contributed by atoms with E-state index in [9.17, 15) is 23.1 Å². The summed E-state index contributed by atoms with van der Waals surface area (Å²) in [6.07, 6.45) is -0.699. The fourth-order valence-electron chi connectivity index (χ4n) is 4.67. The van der Waals surface area contributed by atoms with E-state index in [0.29, 0.717) is 22.0 Å². The molecule has 198 valence electrons. The van der Waals surface area contributed by atoms with Crippen molar-refractivity contribution in [2.45, 2.75) is 63.6 Å². The van der Waals surface area contributed by atoms with Crippen LogP contribution in [0.4, 0.5) is 18.9 Å². The van der Waals surface area contributed by atoms with Crippen molar-refractivity contribution in [1.29, 1.82) is 0 Å². The number of thiazole rings is 1. The van der Waals surface area contributed by atoms with Crippen LogP contribution in [0, 0.1) is 12.3 Å². The number of benzene rings is 2. The van der Waals surface area contributed by atoms with Gasteiger partial charge in [0.1, 0.15) is 15.8 Å². The number of ether oxygens (including phenoxy) is 1. The summed E-state index contributed by atoms with van der Waals surface area (Å²) in [4.78, 5) is 15.8. The summed E-state index contributed by atoms with van der Waals surface area (Å²) >= 11 is 2.27. The van der Waals surface area contributed by atoms with E-state index in [1.807, 2.05) is 6.07 Å². The van der Waals surface area contributed by atoms with Crippen LogP contribution in [0.1, 0.15) is 72.5 Å². The standard InChI is InChI=1S/C27H29F3N2O3S2/c1-15-11-21(22(35-4)13-19(15)25(33)34)32-37-23-14-36-24(31-23)18-6-5-17(12-20(18)27(28,29)30)16-7-9-26(2,3)10-8-16/h5-6,11-14,16,32H,7-10H2,1-4H3,(H,33,34). The van der Waals surface area contributed by atoms with Crippen molar-refractivity contribution in [1.82, 2.24) is 4.98 Å². The van der Waals surface area contributed by atoms with Crippen LogP contribution in [0.15, 0.2) is 40.7 Å². The van der Waals surface area contributed by atoms with E-state index >= 15 is 0 Å². The summed E-state index contributed by atoms with van der Waals surface area (Å²) in [5.74, 6) is -0.578. The average Bonchev–Trinajstić information content (AvgIpc) is 3.30. The second-order valence-electron chi connectivity index (χ2n) is 10.1. The molecule has 1 aliphatic rings. The lowest BCUT2D eigenvalue weighted by atomic mass is 9.71. The third kappa shape index (κ3) is 6.23. The van der Waals surface area contributed by atoms with Gasteiger partial charge in [-0.3, -0.25) is 0 Å². The molecule has 37 heavy (non-hydrogen) atoms. The monoisotopic (exact) mass is 550 g/mol. The number of anilines is 1. The van der Waals surface area contributed by atoms with E-state index in [1.165, 1.54) is 19.2 Å². The molecule has 1 heterocycles. The molecule has 0 aliphatic heterocycles. The van der Waals surface area contributed by atoms with Gasteiger partial charge in [0, 0.05) is 22.9 Å². The van der Waals surface area contributed by atoms with Crippen molar-refractivity contribution in [3.63, 3.8) is 0 Å². The number of hydrogen-bond donors (Lipinski definition) is 2. The van der Waals surface area contributed by atoms with E-state index in [4.69, 9.17) is 4.74 Å². The van der Waals surface area contributed by atoms with Gasteiger partial charge in [-0.15, -0.1) is 11.3 Å². The Hall–Kier alpha value is -2.72. The Balaban J connectivity index is 1.56. The van der Waals surface area contributed by atoms with Gasteiger partial charge in [0.25, 0.3) is 0 Å². The number of aromatic carboxylic acids is 1. The normalized spacial score (nSPS) is 16.0. The van der Waals surface area contributed by atoms with Gasteiger partial charge in [-0.1, -0.05) is 26.0 Å². The van der Waals surface area contributed by atoms with Gasteiger partial charge in [0.2, 0.25) is 0 Å². The Morgan fingerprint density at radius 3 is 2.54 bits per heavy atom. The molecule has 2 N–H and O–H groups in total. The first kappa shape index (κ1) is 27.3. The molecule has 0 bridgehead atoms. The largest absolute Gasteiger partial charge is 0.495 e. The van der Waals surface area contributed by atoms with E-state index in [-0.39, 0.29) is 27.5 Å². The highest BCUT2D eigenvalue weighted by Gasteiger charge is 2.36. The first-order chi connectivity index (χ1) is 17.4. The van der Waals surface area contributed by atoms with Crippen LogP contribution in [0.3, 0.4) is 0 Å². The maximum Gasteiger partial charge on any atom is 0.417 e. The molecule has 1 saturated carbocycles. The Kier molecular flexibility index (Phi) is 7.80. The molecule has 2 aromatic carbocycles. The summed E-state index contributed by atoms with van der Waals surface area (Å²) in [5.41, 5.74) is 1.62. The number of alkyl halides is 3. The summed E-state index contributed by atoms with van der Waals surface area (Å²) in [6.45, 7) is 6.10. The third-order valence-corrected chi connectivity index (χ3v) is 8.68. The van der Waals surface area contributed by atoms with Gasteiger partial charge in [0.05, 0.1) is 23.9 Å². The van der Waals surface area contributed by atoms with Crippen LogP contribution in [0.5, 0.6) is 5.75 Å². The fraction of sp³-hybridized carbons (Fsp3) is 0.407. The highest BCUT2D eigenvalue weighted by atomic mass is 32.2. The Morgan fingerprint density at radius 1 is 1.22 bits per heavy atom. The molecule has 1 aliphatic carbocycles. The maximum absolute atomic E-state index is 14.1. The average molecular weight is 551 g/mol. The van der Waals surface area contributed by atoms with Crippen LogP contribution < -0.4 is 9.46 Å². The van der Waals surface area contributed by atoms with E-state index in [1.54, 1.807) is 24.4 Å². The number of nitrogens with one attached hydrogen (secondary N) is 1. The molecule has 0 radical (unpaired) electrons. The molecule has 0 amide bonds. The van der Waals surface area contributed by atoms with Crippen LogP contribution in [-0.2, 0) is 6.18 Å². The van der Waals surface area contributed by atoms with E-state index < -0.39 is 17.7 Å². The zero-order chi connectivity index (χ0) is 27.0. The zero-order valence-electron chi connectivity index (χ0n) is 21.0. The number of aryl methyl sites for hydroxylation is 1. The summed E-state index contributed by atoms with van der Waals surface area (Å²) < 4.78 is 50.7. The summed E-state index contributed by atoms with van der Waals surface area (Å²) in [6, 6.07) is 7.75. The van der Waals surface area contributed by atoms with Crippen molar-refractivity contribution in [3.05, 3.63) is 58.0 Å². The van der Waals surface area contributed by atoms with Crippen molar-refractivity contribution in [3.8, 4) is 16.3 Å². The number of carbonyl (C=O) groups is 1. The molecule has 10 heteroatoms. The lowest BCUT2D eigenvalue weighted by Gasteiger charge is -2.34. The first-order valence-corrected chi connectivity index (χ1v) is 13.6. The number of nitrogens with zero attached hydrogens (tertiary/aromatic N) is 1. The number of hydrogen-bond acceptors (Lipinski definition) is 6. The molecule has 0 atom stereocenters. The minimum Gasteiger partial charge on any atom is -0.495 e. The Labute approximate surface area is 222 Å². The third-order valence-electron chi connectivity index (χ3n) is 6.92. The summed E-state index contributed by atoms with van der Waals surface area (Å²) in [7, 11) is 1.43. The number of carboxylic acids is 1. The molecule has 3 aromatic rings. The minimum absolute atomic E-state index is 0.0727. The van der Waals surface area contributed by atoms with Gasteiger partial charge < -0.3 is 14.6 Å². The Morgan fingerprint density at radius 2 is 1.92 bits per heavy atom. The number of rotatable bonds is 7. The van der Waals surface area contributed by atoms with E-state index in [0.717, 1.165) is 54.5 Å². The first-order valence-electron chi connectivity index (χ1n) is 11.9. The predicted molar refractivity (Wildman–Crippen MR) is 142 cm³/mol. The highest BCUT2D eigenvalue weighted by Crippen LogP contribution is 2.45. The van der Waals surface area contributed by atoms with Crippen molar-refractivity contribution in [2.75, 3.05) is 11.8 Å². The number of carboxylic acid groups (broad SMARTS) is 1. The number of aromatic nitrogens is 1. The van der Waals surface area contributed by atoms with Crippen LogP contribution >= 0.6 is 23.3 Å². The Bertz CT molecular complexity index is 1290. The summed E-state index contributed by atoms with van der Waals surface area (Å²) in [5, 5.41) is 11.8. The van der Waals surface area contributed by atoms with Gasteiger partial charge in [-0.2, -0.15) is 13.2 Å². The smallest absolute Gasteiger partial charge is 0.417 e. The molecular weight excluding hydrogens is 521 g/mol. The number of methoxy groups -OCH3 is 1. The zero-order valence-corrected chi connectivity index (χ0v) is 22.7. The SMILES string of the molecule is COc1cc(C(=O)O)c(C)cc1NSc1csc(-c2ccc(C3CCC(C)(C)CC3)cc2C(F)(F)F)n1. The van der Waals surface area contributed by atoms with Crippen LogP contribution in [0.25, 0.3) is 10.6 Å². The minimum atomic E-state index is -4.49. The molecule has 0 saturated heterocycles. The topological polar surface area (TPSA) is 71.5 Å². The lowest BCUT2D eigenvalue weighted by Crippen LogP contribution is -2.20. The van der Waals surface area contributed by atoms with Crippen molar-refractivity contribution in [2.24, 2.45) is 5.41 Å². The quantitative estimate of drug-likeness (QED) is 0.287. The van der Waals surface area contributed by atoms with Crippen LogP contribution in [-0.4, -0.2) is 23.2 Å². The molecule has 5 nitrogen and oxygen atoms in total. The second-order valence-corrected chi connectivity index (χ2v) is 11.8. The second kappa shape index (κ2) is 10.6. The maximum atomic E-state index is 14.1. The fourth-order valence-corrected chi connectivity index (χ4v) is 6.30. The predicted octanol–water partition coefficient (Wildman–Crippen LogP) is 8.65. The van der Waals surface area contributed by atoms with Gasteiger partial charge >= 0.3 is 12.1 Å². The van der Waals surface area contributed by atoms with E-state index in [2.05, 4.69) is 23.6 Å². The molecule has 0 spiro atoms. The lowest BCUT2D eigenvalue weighted by molar-refractivity contribution is -0.137. The van der Waals surface area contributed by atoms with Crippen molar-refractivity contribution >= 4 is 34.9 Å². The molecular formula is C27H29F3N2O3S2. The number of halogens is 3.